The number of nitrogens with zero attached hydrogens (tertiary/aromatic N) is 1. The molecule has 0 amide bonds. The number of carbonyl (C=O) groups is 2. The number of para-hydroxylation sites is 1. The molecule has 0 spiro atoms. The average molecular weight is 488 g/mol. The van der Waals surface area contributed by atoms with E-state index in [1.165, 1.54) is 30.7 Å². The van der Waals surface area contributed by atoms with Gasteiger partial charge in [0.1, 0.15) is 4.90 Å². The van der Waals surface area contributed by atoms with E-state index >= 15 is 0 Å². The van der Waals surface area contributed by atoms with Gasteiger partial charge in [-0.25, -0.2) is 13.2 Å². The number of ketones is 1. The fourth-order valence-electron chi connectivity index (χ4n) is 3.48. The standard InChI is InChI=1S/C25H29NO7S/c1-25(2,3)22(27)16-33-23(28)11-10-17-14-20(31-4)24(32-5)21(15-17)34(29,30)26-13-12-18-8-6-7-9-19(18)26/h6-11,14-15H,12-13,16H2,1-5H3. The Bertz CT molecular complexity index is 1230. The molecular formula is C25H29NO7S. The Balaban J connectivity index is 1.93. The van der Waals surface area contributed by atoms with Crippen LogP contribution in [0.5, 0.6) is 11.5 Å². The zero-order valence-electron chi connectivity index (χ0n) is 20.0. The highest BCUT2D eigenvalue weighted by Crippen LogP contribution is 2.40. The third-order valence-corrected chi connectivity index (χ3v) is 7.29. The Kier molecular flexibility index (Phi) is 7.35. The second-order valence-electron chi connectivity index (χ2n) is 8.82. The minimum absolute atomic E-state index is 0.0716. The normalized spacial score (nSPS) is 13.6. The number of benzene rings is 2. The molecule has 9 heteroatoms. The maximum absolute atomic E-state index is 13.6. The van der Waals surface area contributed by atoms with Gasteiger partial charge in [0.2, 0.25) is 0 Å². The topological polar surface area (TPSA) is 99.2 Å². The lowest BCUT2D eigenvalue weighted by atomic mass is 9.91. The molecule has 0 N–H and O–H groups in total. The van der Waals surface area contributed by atoms with Crippen LogP contribution in [0, 0.1) is 5.41 Å². The molecule has 0 radical (unpaired) electrons. The van der Waals surface area contributed by atoms with Gasteiger partial charge in [0.05, 0.1) is 19.9 Å². The first-order valence-corrected chi connectivity index (χ1v) is 12.2. The van der Waals surface area contributed by atoms with Crippen molar-refractivity contribution < 1.29 is 32.2 Å². The van der Waals surface area contributed by atoms with Crippen LogP contribution in [0.2, 0.25) is 0 Å². The van der Waals surface area contributed by atoms with Crippen LogP contribution >= 0.6 is 0 Å². The Hall–Kier alpha value is -3.33. The quantitative estimate of drug-likeness (QED) is 0.414. The number of fused-ring (bicyclic) bond motifs is 1. The third-order valence-electron chi connectivity index (χ3n) is 5.47. The molecule has 0 atom stereocenters. The van der Waals surface area contributed by atoms with Crippen LogP contribution in [-0.4, -0.2) is 47.5 Å². The van der Waals surface area contributed by atoms with Gasteiger partial charge in [0, 0.05) is 18.0 Å². The largest absolute Gasteiger partial charge is 0.493 e. The van der Waals surface area contributed by atoms with Gasteiger partial charge in [0.15, 0.2) is 23.9 Å². The van der Waals surface area contributed by atoms with Gasteiger partial charge in [-0.1, -0.05) is 39.0 Å². The van der Waals surface area contributed by atoms with Crippen molar-refractivity contribution in [1.82, 2.24) is 0 Å². The highest BCUT2D eigenvalue weighted by atomic mass is 32.2. The fourth-order valence-corrected chi connectivity index (χ4v) is 5.19. The van der Waals surface area contributed by atoms with Crippen molar-refractivity contribution in [1.29, 1.82) is 0 Å². The average Bonchev–Trinajstić information content (AvgIpc) is 3.24. The van der Waals surface area contributed by atoms with Gasteiger partial charge in [-0.2, -0.15) is 0 Å². The second kappa shape index (κ2) is 9.89. The predicted octanol–water partition coefficient (Wildman–Crippen LogP) is 3.63. The summed E-state index contributed by atoms with van der Waals surface area (Å²) in [5.74, 6) is -0.653. The van der Waals surface area contributed by atoms with E-state index in [0.29, 0.717) is 24.2 Å². The summed E-state index contributed by atoms with van der Waals surface area (Å²) in [6.45, 7) is 5.18. The lowest BCUT2D eigenvalue weighted by Crippen LogP contribution is -2.29. The molecule has 0 aliphatic carbocycles. The van der Waals surface area contributed by atoms with Crippen LogP contribution in [-0.2, 0) is 30.8 Å². The third kappa shape index (κ3) is 5.25. The van der Waals surface area contributed by atoms with Crippen molar-refractivity contribution >= 4 is 33.5 Å². The van der Waals surface area contributed by atoms with Gasteiger partial charge in [0.25, 0.3) is 10.0 Å². The van der Waals surface area contributed by atoms with E-state index in [1.807, 2.05) is 12.1 Å². The minimum atomic E-state index is -3.99. The number of hydrogen-bond acceptors (Lipinski definition) is 7. The molecule has 1 aliphatic heterocycles. The maximum atomic E-state index is 13.6. The summed E-state index contributed by atoms with van der Waals surface area (Å²) in [6.07, 6.45) is 3.15. The molecule has 0 saturated carbocycles. The van der Waals surface area contributed by atoms with Crippen molar-refractivity contribution in [3.63, 3.8) is 0 Å². The van der Waals surface area contributed by atoms with Crippen LogP contribution in [0.4, 0.5) is 5.69 Å². The Morgan fingerprint density at radius 3 is 2.44 bits per heavy atom. The first-order valence-electron chi connectivity index (χ1n) is 10.7. The molecule has 8 nitrogen and oxygen atoms in total. The lowest BCUT2D eigenvalue weighted by Gasteiger charge is -2.22. The lowest BCUT2D eigenvalue weighted by molar-refractivity contribution is -0.145. The molecule has 0 bridgehead atoms. The number of anilines is 1. The first kappa shape index (κ1) is 25.3. The molecule has 0 aromatic heterocycles. The number of methoxy groups -OCH3 is 2. The number of rotatable bonds is 8. The zero-order chi connectivity index (χ0) is 25.1. The number of Topliss-reactive ketones (excluding diaryl/α,β-unsaturated/α-hetero) is 1. The Morgan fingerprint density at radius 1 is 1.09 bits per heavy atom. The van der Waals surface area contributed by atoms with Crippen LogP contribution < -0.4 is 13.8 Å². The minimum Gasteiger partial charge on any atom is -0.493 e. The summed E-state index contributed by atoms with van der Waals surface area (Å²) < 4.78 is 44.4. The van der Waals surface area contributed by atoms with Gasteiger partial charge >= 0.3 is 5.97 Å². The van der Waals surface area contributed by atoms with E-state index in [9.17, 15) is 18.0 Å². The van der Waals surface area contributed by atoms with Crippen LogP contribution in [0.3, 0.4) is 0 Å². The van der Waals surface area contributed by atoms with E-state index in [4.69, 9.17) is 14.2 Å². The first-order chi connectivity index (χ1) is 16.0. The molecule has 3 rings (SSSR count). The van der Waals surface area contributed by atoms with Gasteiger partial charge in [-0.15, -0.1) is 0 Å². The van der Waals surface area contributed by atoms with Crippen molar-refractivity contribution in [2.75, 3.05) is 31.7 Å². The summed E-state index contributed by atoms with van der Waals surface area (Å²) in [5.41, 5.74) is 1.34. The summed E-state index contributed by atoms with van der Waals surface area (Å²) in [6, 6.07) is 10.3. The van der Waals surface area contributed by atoms with E-state index in [1.54, 1.807) is 39.0 Å². The van der Waals surface area contributed by atoms with Gasteiger partial charge < -0.3 is 14.2 Å². The summed E-state index contributed by atoms with van der Waals surface area (Å²) in [5, 5.41) is 0. The highest BCUT2D eigenvalue weighted by Gasteiger charge is 2.34. The van der Waals surface area contributed by atoms with E-state index in [-0.39, 0.29) is 28.8 Å². The Morgan fingerprint density at radius 2 is 1.79 bits per heavy atom. The van der Waals surface area contributed by atoms with Crippen molar-refractivity contribution in [3.8, 4) is 11.5 Å². The summed E-state index contributed by atoms with van der Waals surface area (Å²) >= 11 is 0. The molecule has 2 aromatic rings. The van der Waals surface area contributed by atoms with E-state index in [2.05, 4.69) is 0 Å². The zero-order valence-corrected chi connectivity index (χ0v) is 20.8. The number of hydrogen-bond donors (Lipinski definition) is 0. The molecule has 1 heterocycles. The van der Waals surface area contributed by atoms with E-state index < -0.39 is 21.4 Å². The number of carbonyl (C=O) groups excluding carboxylic acids is 2. The van der Waals surface area contributed by atoms with Crippen LogP contribution in [0.15, 0.2) is 47.4 Å². The second-order valence-corrected chi connectivity index (χ2v) is 10.7. The highest BCUT2D eigenvalue weighted by molar-refractivity contribution is 7.93. The van der Waals surface area contributed by atoms with E-state index in [0.717, 1.165) is 11.6 Å². The molecule has 0 fully saturated rings. The predicted molar refractivity (Wildman–Crippen MR) is 129 cm³/mol. The molecule has 1 aliphatic rings. The van der Waals surface area contributed by atoms with Crippen LogP contribution in [0.1, 0.15) is 31.9 Å². The number of esters is 1. The molecule has 0 unspecified atom stereocenters. The SMILES string of the molecule is COc1cc(C=CC(=O)OCC(=O)C(C)(C)C)cc(S(=O)(=O)N2CCc3ccccc32)c1OC. The molecule has 2 aromatic carbocycles. The summed E-state index contributed by atoms with van der Waals surface area (Å²) in [7, 11) is -1.22. The van der Waals surface area contributed by atoms with Crippen molar-refractivity contribution in [2.24, 2.45) is 5.41 Å². The number of ether oxygens (including phenoxy) is 3. The van der Waals surface area contributed by atoms with Crippen molar-refractivity contribution in [2.45, 2.75) is 32.1 Å². The maximum Gasteiger partial charge on any atom is 0.331 e. The Labute approximate surface area is 200 Å². The van der Waals surface area contributed by atoms with Crippen molar-refractivity contribution in [3.05, 3.63) is 53.6 Å². The molecule has 34 heavy (non-hydrogen) atoms. The molecular weight excluding hydrogens is 458 g/mol. The fraction of sp³-hybridized carbons (Fsp3) is 0.360. The number of sulfonamides is 1. The monoisotopic (exact) mass is 487 g/mol. The van der Waals surface area contributed by atoms with Crippen LogP contribution in [0.25, 0.3) is 6.08 Å². The smallest absolute Gasteiger partial charge is 0.331 e. The summed E-state index contributed by atoms with van der Waals surface area (Å²) in [4.78, 5) is 24.0. The van der Waals surface area contributed by atoms with Gasteiger partial charge in [-0.05, 0) is 41.8 Å². The molecule has 182 valence electrons. The molecule has 0 saturated heterocycles. The van der Waals surface area contributed by atoms with Gasteiger partial charge in [-0.3, -0.25) is 9.10 Å².